The maximum Gasteiger partial charge on any atom is 0.175 e. The minimum absolute atomic E-state index is 0.0626. The van der Waals surface area contributed by atoms with Crippen molar-refractivity contribution < 1.29 is 12.8 Å². The van der Waals surface area contributed by atoms with Crippen LogP contribution in [0.5, 0.6) is 0 Å². The van der Waals surface area contributed by atoms with Crippen LogP contribution in [-0.4, -0.2) is 34.6 Å². The third-order valence-electron chi connectivity index (χ3n) is 5.29. The zero-order valence-corrected chi connectivity index (χ0v) is 19.1. The minimum atomic E-state index is -3.35. The topological polar surface area (TPSA) is 85.7 Å². The predicted octanol–water partition coefficient (Wildman–Crippen LogP) is 4.41. The van der Waals surface area contributed by atoms with E-state index in [-0.39, 0.29) is 16.6 Å². The average molecular weight is 463 g/mol. The second-order valence-corrected chi connectivity index (χ2v) is 10.0. The van der Waals surface area contributed by atoms with E-state index in [4.69, 9.17) is 9.97 Å². The maximum absolute atomic E-state index is 13.3. The summed E-state index contributed by atoms with van der Waals surface area (Å²) in [6.45, 7) is 2.04. The first-order chi connectivity index (χ1) is 15.8. The van der Waals surface area contributed by atoms with Gasteiger partial charge in [0.1, 0.15) is 11.6 Å². The highest BCUT2D eigenvalue weighted by atomic mass is 32.2. The van der Waals surface area contributed by atoms with Crippen molar-refractivity contribution in [2.24, 2.45) is 0 Å². The zero-order valence-electron chi connectivity index (χ0n) is 18.3. The van der Waals surface area contributed by atoms with Crippen LogP contribution in [0.2, 0.25) is 0 Å². The molecule has 0 bridgehead atoms. The lowest BCUT2D eigenvalue weighted by Gasteiger charge is -2.14. The number of sulfone groups is 1. The highest BCUT2D eigenvalue weighted by Crippen LogP contribution is 2.25. The standard InChI is InChI=1S/C25H23FN4O2S/c1-17(18-6-8-20(26)9-7-18)12-25-29-21(14-22-16-27-10-11-28-22)15-24(30-25)19-4-3-5-23(13-19)33(2,31)32/h3-11,13,15-17H,12,14H2,1-2H3/t17-/m1/s1. The lowest BCUT2D eigenvalue weighted by Crippen LogP contribution is -2.07. The second-order valence-electron chi connectivity index (χ2n) is 7.99. The van der Waals surface area contributed by atoms with Crippen molar-refractivity contribution in [2.45, 2.75) is 30.6 Å². The molecule has 0 N–H and O–H groups in total. The van der Waals surface area contributed by atoms with Gasteiger partial charge in [-0.1, -0.05) is 31.2 Å². The van der Waals surface area contributed by atoms with Gasteiger partial charge >= 0.3 is 0 Å². The van der Waals surface area contributed by atoms with E-state index >= 15 is 0 Å². The van der Waals surface area contributed by atoms with Crippen LogP contribution in [0.3, 0.4) is 0 Å². The van der Waals surface area contributed by atoms with Gasteiger partial charge in [0.05, 0.1) is 22.0 Å². The fourth-order valence-corrected chi connectivity index (χ4v) is 4.22. The van der Waals surface area contributed by atoms with Crippen LogP contribution in [-0.2, 0) is 22.7 Å². The maximum atomic E-state index is 13.3. The molecule has 0 spiro atoms. The summed E-state index contributed by atoms with van der Waals surface area (Å²) >= 11 is 0. The van der Waals surface area contributed by atoms with Crippen molar-refractivity contribution in [1.29, 1.82) is 0 Å². The van der Waals surface area contributed by atoms with Gasteiger partial charge in [-0.3, -0.25) is 9.97 Å². The van der Waals surface area contributed by atoms with E-state index in [1.54, 1.807) is 48.9 Å². The van der Waals surface area contributed by atoms with E-state index in [0.29, 0.717) is 29.9 Å². The zero-order chi connectivity index (χ0) is 23.4. The van der Waals surface area contributed by atoms with Gasteiger partial charge in [-0.05, 0) is 41.8 Å². The first-order valence-corrected chi connectivity index (χ1v) is 12.3. The first kappa shape index (κ1) is 22.7. The highest BCUT2D eigenvalue weighted by molar-refractivity contribution is 7.90. The summed E-state index contributed by atoms with van der Waals surface area (Å²) in [4.78, 5) is 18.2. The van der Waals surface area contributed by atoms with Gasteiger partial charge in [0, 0.05) is 43.3 Å². The molecule has 33 heavy (non-hydrogen) atoms. The lowest BCUT2D eigenvalue weighted by atomic mass is 9.97. The molecule has 0 amide bonds. The second kappa shape index (κ2) is 9.54. The molecule has 1 atom stereocenters. The lowest BCUT2D eigenvalue weighted by molar-refractivity contribution is 0.602. The largest absolute Gasteiger partial charge is 0.261 e. The molecule has 0 saturated heterocycles. The molecule has 2 aromatic heterocycles. The molecular weight excluding hydrogens is 439 g/mol. The smallest absolute Gasteiger partial charge is 0.175 e. The Morgan fingerprint density at radius 1 is 0.970 bits per heavy atom. The molecule has 2 heterocycles. The summed E-state index contributed by atoms with van der Waals surface area (Å²) in [5.41, 5.74) is 3.84. The third-order valence-corrected chi connectivity index (χ3v) is 6.40. The average Bonchev–Trinajstić information content (AvgIpc) is 2.79. The molecule has 0 unspecified atom stereocenters. The molecule has 8 heteroatoms. The van der Waals surface area contributed by atoms with Crippen molar-refractivity contribution >= 4 is 9.84 Å². The Morgan fingerprint density at radius 2 is 1.76 bits per heavy atom. The molecule has 168 valence electrons. The summed E-state index contributed by atoms with van der Waals surface area (Å²) in [7, 11) is -3.35. The molecule has 4 aromatic rings. The fraction of sp³-hybridized carbons (Fsp3) is 0.200. The van der Waals surface area contributed by atoms with Gasteiger partial charge in [0.15, 0.2) is 9.84 Å². The molecule has 0 fully saturated rings. The number of hydrogen-bond acceptors (Lipinski definition) is 6. The Kier molecular flexibility index (Phi) is 6.55. The predicted molar refractivity (Wildman–Crippen MR) is 124 cm³/mol. The van der Waals surface area contributed by atoms with Gasteiger partial charge in [0.2, 0.25) is 0 Å². The quantitative estimate of drug-likeness (QED) is 0.404. The van der Waals surface area contributed by atoms with Crippen molar-refractivity contribution in [2.75, 3.05) is 6.26 Å². The monoisotopic (exact) mass is 462 g/mol. The van der Waals surface area contributed by atoms with Gasteiger partial charge in [-0.15, -0.1) is 0 Å². The van der Waals surface area contributed by atoms with Gasteiger partial charge in [-0.25, -0.2) is 22.8 Å². The Morgan fingerprint density at radius 3 is 2.45 bits per heavy atom. The normalized spacial score (nSPS) is 12.5. The number of aromatic nitrogens is 4. The number of halogens is 1. The SMILES string of the molecule is C[C@H](Cc1nc(Cc2cnccn2)cc(-c2cccc(S(C)(=O)=O)c2)n1)c1ccc(F)cc1. The van der Waals surface area contributed by atoms with E-state index < -0.39 is 9.84 Å². The number of nitrogens with zero attached hydrogens (tertiary/aromatic N) is 4. The summed E-state index contributed by atoms with van der Waals surface area (Å²) in [6, 6.07) is 15.0. The van der Waals surface area contributed by atoms with E-state index in [0.717, 1.165) is 17.0 Å². The highest BCUT2D eigenvalue weighted by Gasteiger charge is 2.15. The van der Waals surface area contributed by atoms with Crippen molar-refractivity contribution in [3.05, 3.63) is 102 Å². The third kappa shape index (κ3) is 5.84. The molecule has 6 nitrogen and oxygen atoms in total. The Hall–Kier alpha value is -3.52. The Labute approximate surface area is 192 Å². The van der Waals surface area contributed by atoms with Gasteiger partial charge < -0.3 is 0 Å². The molecule has 0 aliphatic rings. The molecule has 0 aliphatic heterocycles. The summed E-state index contributed by atoms with van der Waals surface area (Å²) in [5, 5.41) is 0. The Bertz CT molecular complexity index is 1360. The Balaban J connectivity index is 1.73. The number of rotatable bonds is 7. The van der Waals surface area contributed by atoms with Crippen LogP contribution in [0.1, 0.15) is 35.6 Å². The summed E-state index contributed by atoms with van der Waals surface area (Å²) < 4.78 is 37.4. The van der Waals surface area contributed by atoms with E-state index in [1.165, 1.54) is 18.4 Å². The first-order valence-electron chi connectivity index (χ1n) is 10.5. The van der Waals surface area contributed by atoms with Crippen LogP contribution >= 0.6 is 0 Å². The van der Waals surface area contributed by atoms with Crippen LogP contribution in [0.4, 0.5) is 4.39 Å². The summed E-state index contributed by atoms with van der Waals surface area (Å²) in [6.07, 6.45) is 7.12. The molecular formula is C25H23FN4O2S. The van der Waals surface area contributed by atoms with Crippen LogP contribution in [0.25, 0.3) is 11.3 Å². The van der Waals surface area contributed by atoms with E-state index in [9.17, 15) is 12.8 Å². The molecule has 0 radical (unpaired) electrons. The van der Waals surface area contributed by atoms with Crippen molar-refractivity contribution in [1.82, 2.24) is 19.9 Å². The van der Waals surface area contributed by atoms with Gasteiger partial charge in [-0.2, -0.15) is 0 Å². The molecule has 0 aliphatic carbocycles. The van der Waals surface area contributed by atoms with Crippen LogP contribution < -0.4 is 0 Å². The molecule has 2 aromatic carbocycles. The van der Waals surface area contributed by atoms with Crippen molar-refractivity contribution in [3.8, 4) is 11.3 Å². The number of hydrogen-bond donors (Lipinski definition) is 0. The molecule has 0 saturated carbocycles. The van der Waals surface area contributed by atoms with E-state index in [1.807, 2.05) is 19.1 Å². The van der Waals surface area contributed by atoms with Gasteiger partial charge in [0.25, 0.3) is 0 Å². The van der Waals surface area contributed by atoms with Crippen molar-refractivity contribution in [3.63, 3.8) is 0 Å². The minimum Gasteiger partial charge on any atom is -0.261 e. The molecule has 4 rings (SSSR count). The number of benzene rings is 2. The van der Waals surface area contributed by atoms with Crippen LogP contribution in [0, 0.1) is 5.82 Å². The fourth-order valence-electron chi connectivity index (χ4n) is 3.56. The summed E-state index contributed by atoms with van der Waals surface area (Å²) in [5.74, 6) is 0.404. The van der Waals surface area contributed by atoms with E-state index in [2.05, 4.69) is 9.97 Å². The van der Waals surface area contributed by atoms with Crippen LogP contribution in [0.15, 0.2) is 78.1 Å².